The van der Waals surface area contributed by atoms with Crippen LogP contribution in [-0.4, -0.2) is 26.0 Å². The highest BCUT2D eigenvalue weighted by atomic mass is 79.9. The molecule has 0 heterocycles. The van der Waals surface area contributed by atoms with Crippen LogP contribution in [0.25, 0.3) is 0 Å². The maximum Gasteiger partial charge on any atom is 0.159 e. The average molecular weight is 320 g/mol. The van der Waals surface area contributed by atoms with Crippen LogP contribution in [0.4, 0.5) is 10.1 Å². The van der Waals surface area contributed by atoms with Crippen LogP contribution in [0.15, 0.2) is 22.7 Å². The Morgan fingerprint density at radius 2 is 1.94 bits per heavy atom. The van der Waals surface area contributed by atoms with Crippen molar-refractivity contribution >= 4 is 21.6 Å². The summed E-state index contributed by atoms with van der Waals surface area (Å²) in [7, 11) is 0. The molecule has 102 valence electrons. The highest BCUT2D eigenvalue weighted by Gasteiger charge is 2.08. The number of nitrogens with one attached hydrogen (secondary N) is 1. The van der Waals surface area contributed by atoms with Crippen LogP contribution in [0.1, 0.15) is 20.3 Å². The molecule has 0 aromatic heterocycles. The van der Waals surface area contributed by atoms with Gasteiger partial charge in [0.15, 0.2) is 6.29 Å². The standard InChI is InChI=1S/C13H19BrFNO2/c1-3-17-13(18-4-2)7-8-16-12-9-10(14)5-6-11(12)15/h5-6,9,13,16H,3-4,7-8H2,1-2H3. The number of hydrogen-bond donors (Lipinski definition) is 1. The Balaban J connectivity index is 2.41. The summed E-state index contributed by atoms with van der Waals surface area (Å²) in [6.07, 6.45) is 0.441. The van der Waals surface area contributed by atoms with E-state index in [2.05, 4.69) is 21.2 Å². The van der Waals surface area contributed by atoms with E-state index in [4.69, 9.17) is 9.47 Å². The Labute approximate surface area is 116 Å². The highest BCUT2D eigenvalue weighted by molar-refractivity contribution is 9.10. The molecule has 0 atom stereocenters. The summed E-state index contributed by atoms with van der Waals surface area (Å²) in [6, 6.07) is 4.81. The van der Waals surface area contributed by atoms with Gasteiger partial charge in [-0.2, -0.15) is 0 Å². The topological polar surface area (TPSA) is 30.5 Å². The van der Waals surface area contributed by atoms with Crippen molar-refractivity contribution in [3.05, 3.63) is 28.5 Å². The predicted molar refractivity (Wildman–Crippen MR) is 74.2 cm³/mol. The van der Waals surface area contributed by atoms with E-state index in [9.17, 15) is 4.39 Å². The summed E-state index contributed by atoms with van der Waals surface area (Å²) in [4.78, 5) is 0. The Hall–Kier alpha value is -0.650. The summed E-state index contributed by atoms with van der Waals surface area (Å²) >= 11 is 3.31. The molecule has 0 fully saturated rings. The van der Waals surface area contributed by atoms with Crippen LogP contribution in [0.5, 0.6) is 0 Å². The maximum atomic E-state index is 13.4. The molecule has 1 aromatic rings. The lowest BCUT2D eigenvalue weighted by Crippen LogP contribution is -2.21. The van der Waals surface area contributed by atoms with Gasteiger partial charge in [0.1, 0.15) is 5.82 Å². The Kier molecular flexibility index (Phi) is 7.23. The van der Waals surface area contributed by atoms with Gasteiger partial charge in [-0.3, -0.25) is 0 Å². The molecule has 18 heavy (non-hydrogen) atoms. The second-order valence-corrected chi connectivity index (χ2v) is 4.60. The van der Waals surface area contributed by atoms with E-state index < -0.39 is 0 Å². The molecule has 0 bridgehead atoms. The Morgan fingerprint density at radius 3 is 2.56 bits per heavy atom. The largest absolute Gasteiger partial charge is 0.382 e. The van der Waals surface area contributed by atoms with Gasteiger partial charge in [-0.05, 0) is 32.0 Å². The molecule has 0 radical (unpaired) electrons. The SMILES string of the molecule is CCOC(CCNc1cc(Br)ccc1F)OCC. The molecule has 0 aliphatic rings. The molecule has 0 amide bonds. The van der Waals surface area contributed by atoms with Gasteiger partial charge in [0.25, 0.3) is 0 Å². The molecule has 3 nitrogen and oxygen atoms in total. The van der Waals surface area contributed by atoms with Gasteiger partial charge in [-0.25, -0.2) is 4.39 Å². The van der Waals surface area contributed by atoms with Crippen molar-refractivity contribution in [1.82, 2.24) is 0 Å². The van der Waals surface area contributed by atoms with E-state index in [0.717, 1.165) is 4.47 Å². The van der Waals surface area contributed by atoms with Gasteiger partial charge in [0, 0.05) is 30.7 Å². The molecule has 1 N–H and O–H groups in total. The molecule has 0 unspecified atom stereocenters. The summed E-state index contributed by atoms with van der Waals surface area (Å²) in [5.41, 5.74) is 0.483. The molecule has 1 rings (SSSR count). The van der Waals surface area contributed by atoms with Crippen LogP contribution in [0.2, 0.25) is 0 Å². The minimum Gasteiger partial charge on any atom is -0.382 e. The van der Waals surface area contributed by atoms with Crippen molar-refractivity contribution < 1.29 is 13.9 Å². The number of hydrogen-bond acceptors (Lipinski definition) is 3. The Morgan fingerprint density at radius 1 is 1.28 bits per heavy atom. The lowest BCUT2D eigenvalue weighted by Gasteiger charge is -2.17. The molecule has 0 aliphatic heterocycles. The van der Waals surface area contributed by atoms with Crippen LogP contribution in [0.3, 0.4) is 0 Å². The number of benzene rings is 1. The third kappa shape index (κ3) is 5.33. The summed E-state index contributed by atoms with van der Waals surface area (Å²) in [6.45, 7) is 5.66. The van der Waals surface area contributed by atoms with Crippen molar-refractivity contribution in [3.8, 4) is 0 Å². The Bertz CT molecular complexity index is 357. The fraction of sp³-hybridized carbons (Fsp3) is 0.538. The second-order valence-electron chi connectivity index (χ2n) is 3.68. The first kappa shape index (κ1) is 15.4. The third-order valence-corrected chi connectivity index (χ3v) is 2.82. The van der Waals surface area contributed by atoms with E-state index in [0.29, 0.717) is 31.9 Å². The molecule has 0 saturated heterocycles. The van der Waals surface area contributed by atoms with Crippen LogP contribution >= 0.6 is 15.9 Å². The van der Waals surface area contributed by atoms with Crippen molar-refractivity contribution in [1.29, 1.82) is 0 Å². The smallest absolute Gasteiger partial charge is 0.159 e. The summed E-state index contributed by atoms with van der Waals surface area (Å²) in [5.74, 6) is -0.262. The van der Waals surface area contributed by atoms with Gasteiger partial charge in [0.2, 0.25) is 0 Å². The van der Waals surface area contributed by atoms with E-state index in [1.54, 1.807) is 12.1 Å². The van der Waals surface area contributed by atoms with Crippen LogP contribution < -0.4 is 5.32 Å². The highest BCUT2D eigenvalue weighted by Crippen LogP contribution is 2.20. The normalized spacial score (nSPS) is 10.9. The second kappa shape index (κ2) is 8.45. The molecule has 1 aromatic carbocycles. The van der Waals surface area contributed by atoms with Crippen molar-refractivity contribution in [2.45, 2.75) is 26.6 Å². The number of halogens is 2. The first-order valence-electron chi connectivity index (χ1n) is 6.09. The zero-order valence-corrected chi connectivity index (χ0v) is 12.3. The van der Waals surface area contributed by atoms with E-state index in [-0.39, 0.29) is 12.1 Å². The summed E-state index contributed by atoms with van der Waals surface area (Å²) in [5, 5.41) is 3.04. The van der Waals surface area contributed by atoms with Crippen LogP contribution in [-0.2, 0) is 9.47 Å². The van der Waals surface area contributed by atoms with Crippen LogP contribution in [0, 0.1) is 5.82 Å². The number of anilines is 1. The monoisotopic (exact) mass is 319 g/mol. The lowest BCUT2D eigenvalue weighted by atomic mass is 10.3. The van der Waals surface area contributed by atoms with E-state index in [1.807, 2.05) is 13.8 Å². The number of ether oxygens (including phenoxy) is 2. The molecular formula is C13H19BrFNO2. The van der Waals surface area contributed by atoms with Gasteiger partial charge in [0.05, 0.1) is 5.69 Å². The fourth-order valence-corrected chi connectivity index (χ4v) is 1.91. The zero-order chi connectivity index (χ0) is 13.4. The van der Waals surface area contributed by atoms with Gasteiger partial charge >= 0.3 is 0 Å². The first-order chi connectivity index (χ1) is 8.67. The molecular weight excluding hydrogens is 301 g/mol. The van der Waals surface area contributed by atoms with Crippen molar-refractivity contribution in [3.63, 3.8) is 0 Å². The average Bonchev–Trinajstić information content (AvgIpc) is 2.34. The molecule has 5 heteroatoms. The minimum atomic E-state index is -0.262. The summed E-state index contributed by atoms with van der Waals surface area (Å²) < 4.78 is 25.1. The molecule has 0 spiro atoms. The maximum absolute atomic E-state index is 13.4. The lowest BCUT2D eigenvalue weighted by molar-refractivity contribution is -0.137. The fourth-order valence-electron chi connectivity index (χ4n) is 1.54. The van der Waals surface area contributed by atoms with E-state index in [1.165, 1.54) is 6.07 Å². The predicted octanol–water partition coefficient (Wildman–Crippen LogP) is 3.79. The minimum absolute atomic E-state index is 0.234. The van der Waals surface area contributed by atoms with Gasteiger partial charge in [-0.1, -0.05) is 15.9 Å². The number of rotatable bonds is 8. The third-order valence-electron chi connectivity index (χ3n) is 2.33. The van der Waals surface area contributed by atoms with Gasteiger partial charge < -0.3 is 14.8 Å². The van der Waals surface area contributed by atoms with Crippen molar-refractivity contribution in [2.24, 2.45) is 0 Å². The van der Waals surface area contributed by atoms with E-state index >= 15 is 0 Å². The van der Waals surface area contributed by atoms with Gasteiger partial charge in [-0.15, -0.1) is 0 Å². The quantitative estimate of drug-likeness (QED) is 0.739. The molecule has 0 aliphatic carbocycles. The zero-order valence-electron chi connectivity index (χ0n) is 10.7. The van der Waals surface area contributed by atoms with Crippen molar-refractivity contribution in [2.75, 3.05) is 25.1 Å². The molecule has 0 saturated carbocycles. The first-order valence-corrected chi connectivity index (χ1v) is 6.88.